The topological polar surface area (TPSA) is 93.7 Å². The first-order valence-corrected chi connectivity index (χ1v) is 9.12. The van der Waals surface area contributed by atoms with E-state index in [4.69, 9.17) is 9.47 Å². The first kappa shape index (κ1) is 18.8. The van der Waals surface area contributed by atoms with E-state index in [-0.39, 0.29) is 11.5 Å². The molecule has 0 aliphatic heterocycles. The number of rotatable bonds is 8. The molecule has 0 saturated carbocycles. The molecule has 0 aromatic heterocycles. The van der Waals surface area contributed by atoms with Crippen LogP contribution in [0.5, 0.6) is 11.5 Å². The van der Waals surface area contributed by atoms with Gasteiger partial charge < -0.3 is 9.47 Å². The maximum atomic E-state index is 12.1. The van der Waals surface area contributed by atoms with Crippen LogP contribution in [0.4, 0.5) is 0 Å². The fourth-order valence-corrected chi connectivity index (χ4v) is 2.82. The summed E-state index contributed by atoms with van der Waals surface area (Å²) in [5.41, 5.74) is 3.00. The zero-order chi connectivity index (χ0) is 18.3. The molecule has 0 heterocycles. The zero-order valence-electron chi connectivity index (χ0n) is 14.0. The molecular formula is C17H20N2O5S. The highest BCUT2D eigenvalue weighted by molar-refractivity contribution is 7.89. The second-order valence-electron chi connectivity index (χ2n) is 5.11. The van der Waals surface area contributed by atoms with E-state index in [1.54, 1.807) is 24.3 Å². The van der Waals surface area contributed by atoms with Gasteiger partial charge in [-0.15, -0.1) is 4.83 Å². The number of hydrazine groups is 1. The molecule has 0 bridgehead atoms. The predicted octanol–water partition coefficient (Wildman–Crippen LogP) is 1.78. The van der Waals surface area contributed by atoms with Crippen molar-refractivity contribution >= 4 is 15.9 Å². The number of carbonyl (C=O) groups excluding carboxylic acids is 1. The Hall–Kier alpha value is -2.58. The third-order valence-corrected chi connectivity index (χ3v) is 4.49. The first-order chi connectivity index (χ1) is 11.9. The van der Waals surface area contributed by atoms with Crippen molar-refractivity contribution in [3.8, 4) is 11.5 Å². The van der Waals surface area contributed by atoms with Gasteiger partial charge in [-0.1, -0.05) is 18.2 Å². The Morgan fingerprint density at radius 3 is 2.36 bits per heavy atom. The maximum absolute atomic E-state index is 12.1. The van der Waals surface area contributed by atoms with Crippen LogP contribution in [0, 0.1) is 6.92 Å². The lowest BCUT2D eigenvalue weighted by atomic mass is 10.2. The van der Waals surface area contributed by atoms with Gasteiger partial charge in [-0.2, -0.15) is 0 Å². The van der Waals surface area contributed by atoms with Gasteiger partial charge in [0.05, 0.1) is 11.5 Å². The predicted molar refractivity (Wildman–Crippen MR) is 92.7 cm³/mol. The van der Waals surface area contributed by atoms with Gasteiger partial charge in [-0.3, -0.25) is 10.2 Å². The summed E-state index contributed by atoms with van der Waals surface area (Å²) in [5, 5.41) is 0. The van der Waals surface area contributed by atoms with E-state index < -0.39 is 15.9 Å². The number of hydrogen-bond acceptors (Lipinski definition) is 5. The monoisotopic (exact) mass is 364 g/mol. The van der Waals surface area contributed by atoms with E-state index in [0.717, 1.165) is 5.56 Å². The minimum absolute atomic E-state index is 0.0103. The van der Waals surface area contributed by atoms with Gasteiger partial charge >= 0.3 is 0 Å². The molecule has 0 fully saturated rings. The number of hydrogen-bond donors (Lipinski definition) is 2. The molecule has 25 heavy (non-hydrogen) atoms. The fourth-order valence-electron chi connectivity index (χ4n) is 1.96. The molecule has 2 aromatic rings. The van der Waals surface area contributed by atoms with Crippen LogP contribution in [0.15, 0.2) is 53.4 Å². The molecule has 2 aromatic carbocycles. The quantitative estimate of drug-likeness (QED) is 0.697. The van der Waals surface area contributed by atoms with Crippen molar-refractivity contribution in [3.63, 3.8) is 0 Å². The van der Waals surface area contributed by atoms with Gasteiger partial charge in [0, 0.05) is 0 Å². The van der Waals surface area contributed by atoms with E-state index >= 15 is 0 Å². The molecule has 2 rings (SSSR count). The molecule has 0 aliphatic carbocycles. The number of carbonyl (C=O) groups is 1. The first-order valence-electron chi connectivity index (χ1n) is 7.64. The van der Waals surface area contributed by atoms with Gasteiger partial charge in [0.15, 0.2) is 6.61 Å². The second-order valence-corrected chi connectivity index (χ2v) is 6.79. The summed E-state index contributed by atoms with van der Waals surface area (Å²) in [6.07, 6.45) is 0. The van der Waals surface area contributed by atoms with Gasteiger partial charge in [-0.25, -0.2) is 8.42 Å². The van der Waals surface area contributed by atoms with Crippen LogP contribution in [-0.4, -0.2) is 27.5 Å². The number of benzene rings is 2. The number of amides is 1. The van der Waals surface area contributed by atoms with Gasteiger partial charge in [0.25, 0.3) is 15.9 Å². The van der Waals surface area contributed by atoms with E-state index in [1.165, 1.54) is 12.1 Å². The van der Waals surface area contributed by atoms with Crippen molar-refractivity contribution in [2.24, 2.45) is 0 Å². The van der Waals surface area contributed by atoms with Gasteiger partial charge in [0.2, 0.25) is 0 Å². The zero-order valence-corrected chi connectivity index (χ0v) is 14.8. The molecule has 0 spiro atoms. The molecule has 134 valence electrons. The summed E-state index contributed by atoms with van der Waals surface area (Å²) in [7, 11) is -3.87. The van der Waals surface area contributed by atoms with Crippen molar-refractivity contribution < 1.29 is 22.7 Å². The number of para-hydroxylation sites is 1. The standard InChI is InChI=1S/C17H20N2O5S/c1-3-23-14-8-10-15(11-9-14)25(21,22)19-18-17(20)12-24-16-7-5-4-6-13(16)2/h4-11,19H,3,12H2,1-2H3,(H,18,20). The maximum Gasteiger partial charge on any atom is 0.272 e. The summed E-state index contributed by atoms with van der Waals surface area (Å²) in [4.78, 5) is 13.8. The highest BCUT2D eigenvalue weighted by atomic mass is 32.2. The Bertz CT molecular complexity index is 819. The Kier molecular flexibility index (Phi) is 6.37. The lowest BCUT2D eigenvalue weighted by Crippen LogP contribution is -2.43. The molecule has 0 saturated heterocycles. The summed E-state index contributed by atoms with van der Waals surface area (Å²) in [6, 6.07) is 13.1. The normalized spacial score (nSPS) is 11.0. The van der Waals surface area contributed by atoms with Crippen LogP contribution in [0.1, 0.15) is 12.5 Å². The van der Waals surface area contributed by atoms with Gasteiger partial charge in [0.1, 0.15) is 11.5 Å². The van der Waals surface area contributed by atoms with Crippen molar-refractivity contribution in [2.45, 2.75) is 18.7 Å². The molecule has 0 aliphatic rings. The van der Waals surface area contributed by atoms with Crippen molar-refractivity contribution in [1.29, 1.82) is 0 Å². The highest BCUT2D eigenvalue weighted by Crippen LogP contribution is 2.16. The van der Waals surface area contributed by atoms with Crippen LogP contribution in [-0.2, 0) is 14.8 Å². The van der Waals surface area contributed by atoms with Gasteiger partial charge in [-0.05, 0) is 49.7 Å². The smallest absolute Gasteiger partial charge is 0.272 e. The minimum atomic E-state index is -3.87. The summed E-state index contributed by atoms with van der Waals surface area (Å²) in [5.74, 6) is 0.516. The lowest BCUT2D eigenvalue weighted by molar-refractivity contribution is -0.123. The molecule has 8 heteroatoms. The Balaban J connectivity index is 1.88. The third kappa shape index (κ3) is 5.47. The fraction of sp³-hybridized carbons (Fsp3) is 0.235. The Labute approximate surface area is 147 Å². The van der Waals surface area contributed by atoms with E-state index in [1.807, 2.05) is 30.8 Å². The number of sulfonamides is 1. The second kappa shape index (κ2) is 8.50. The molecule has 0 atom stereocenters. The van der Waals surface area contributed by atoms with Crippen LogP contribution >= 0.6 is 0 Å². The van der Waals surface area contributed by atoms with Crippen LogP contribution in [0.3, 0.4) is 0 Å². The van der Waals surface area contributed by atoms with Crippen LogP contribution in [0.2, 0.25) is 0 Å². The lowest BCUT2D eigenvalue weighted by Gasteiger charge is -2.11. The molecule has 7 nitrogen and oxygen atoms in total. The summed E-state index contributed by atoms with van der Waals surface area (Å²) >= 11 is 0. The molecule has 0 unspecified atom stereocenters. The molecule has 1 amide bonds. The molecule has 2 N–H and O–H groups in total. The van der Waals surface area contributed by atoms with Crippen LogP contribution < -0.4 is 19.7 Å². The molecular weight excluding hydrogens is 344 g/mol. The largest absolute Gasteiger partial charge is 0.494 e. The Morgan fingerprint density at radius 2 is 1.72 bits per heavy atom. The summed E-state index contributed by atoms with van der Waals surface area (Å²) < 4.78 is 34.9. The van der Waals surface area contributed by atoms with Crippen LogP contribution in [0.25, 0.3) is 0 Å². The Morgan fingerprint density at radius 1 is 1.04 bits per heavy atom. The average molecular weight is 364 g/mol. The van der Waals surface area contributed by atoms with Crippen molar-refractivity contribution in [1.82, 2.24) is 10.3 Å². The average Bonchev–Trinajstić information content (AvgIpc) is 2.60. The molecule has 0 radical (unpaired) electrons. The van der Waals surface area contributed by atoms with E-state index in [0.29, 0.717) is 18.1 Å². The number of aryl methyl sites for hydroxylation is 1. The minimum Gasteiger partial charge on any atom is -0.494 e. The summed E-state index contributed by atoms with van der Waals surface area (Å²) in [6.45, 7) is 3.86. The number of ether oxygens (including phenoxy) is 2. The van der Waals surface area contributed by atoms with E-state index in [2.05, 4.69) is 5.43 Å². The SMILES string of the molecule is CCOc1ccc(S(=O)(=O)NNC(=O)COc2ccccc2C)cc1. The van der Waals surface area contributed by atoms with Crippen molar-refractivity contribution in [2.75, 3.05) is 13.2 Å². The highest BCUT2D eigenvalue weighted by Gasteiger charge is 2.15. The third-order valence-electron chi connectivity index (χ3n) is 3.22. The van der Waals surface area contributed by atoms with E-state index in [9.17, 15) is 13.2 Å². The number of nitrogens with one attached hydrogen (secondary N) is 2. The van der Waals surface area contributed by atoms with Crippen molar-refractivity contribution in [3.05, 3.63) is 54.1 Å².